The zero-order chi connectivity index (χ0) is 14.6. The number of ether oxygens (including phenoxy) is 1. The fourth-order valence-electron chi connectivity index (χ4n) is 0.899. The quantitative estimate of drug-likeness (QED) is 0.777. The molecule has 0 aliphatic rings. The van der Waals surface area contributed by atoms with Gasteiger partial charge in [-0.25, -0.2) is 0 Å². The van der Waals surface area contributed by atoms with Crippen molar-refractivity contribution in [2.75, 3.05) is 6.54 Å². The van der Waals surface area contributed by atoms with E-state index in [1.165, 1.54) is 13.8 Å². The van der Waals surface area contributed by atoms with E-state index in [2.05, 4.69) is 0 Å². The Kier molecular flexibility index (Phi) is 5.63. The molecule has 1 amide bonds. The molecule has 0 aliphatic carbocycles. The van der Waals surface area contributed by atoms with Gasteiger partial charge in [-0.15, -0.1) is 0 Å². The van der Waals surface area contributed by atoms with Crippen molar-refractivity contribution in [3.05, 3.63) is 0 Å². The first-order valence-corrected chi connectivity index (χ1v) is 5.56. The van der Waals surface area contributed by atoms with Crippen LogP contribution < -0.4 is 5.32 Å². The summed E-state index contributed by atoms with van der Waals surface area (Å²) in [4.78, 5) is 22.3. The number of rotatable bonds is 5. The Morgan fingerprint density at radius 3 is 2.17 bits per heavy atom. The number of esters is 1. The third-order valence-electron chi connectivity index (χ3n) is 2.38. The molecule has 0 spiro atoms. The van der Waals surface area contributed by atoms with Gasteiger partial charge in [-0.2, -0.15) is 13.2 Å². The van der Waals surface area contributed by atoms with Gasteiger partial charge in [-0.05, 0) is 27.2 Å². The van der Waals surface area contributed by atoms with Gasteiger partial charge >= 0.3 is 18.1 Å². The first kappa shape index (κ1) is 16.7. The van der Waals surface area contributed by atoms with Crippen LogP contribution in [0.5, 0.6) is 0 Å². The maximum atomic E-state index is 12.0. The summed E-state index contributed by atoms with van der Waals surface area (Å²) in [6.45, 7) is 5.89. The Balaban J connectivity index is 4.39. The highest BCUT2D eigenvalue weighted by molar-refractivity contribution is 5.83. The summed E-state index contributed by atoms with van der Waals surface area (Å²) in [7, 11) is 0. The molecule has 0 aromatic carbocycles. The smallest absolute Gasteiger partial charge is 0.462 e. The number of carbonyl (C=O) groups is 2. The van der Waals surface area contributed by atoms with Crippen LogP contribution in [0.25, 0.3) is 0 Å². The summed E-state index contributed by atoms with van der Waals surface area (Å²) >= 11 is 0. The number of hydrogen-bond acceptors (Lipinski definition) is 3. The summed E-state index contributed by atoms with van der Waals surface area (Å²) < 4.78 is 40.9. The maximum Gasteiger partial charge on any atom is 0.471 e. The predicted molar refractivity (Wildman–Crippen MR) is 58.7 cm³/mol. The van der Waals surface area contributed by atoms with Crippen LogP contribution in [0.15, 0.2) is 0 Å². The van der Waals surface area contributed by atoms with E-state index < -0.39 is 30.0 Å². The molecule has 0 aliphatic heterocycles. The summed E-state index contributed by atoms with van der Waals surface area (Å²) in [6.07, 6.45) is -4.65. The molecule has 0 aromatic heterocycles. The minimum atomic E-state index is -4.95. The molecule has 0 bridgehead atoms. The number of halogens is 3. The van der Waals surface area contributed by atoms with Crippen LogP contribution in [-0.4, -0.2) is 30.7 Å². The molecule has 0 saturated heterocycles. The highest BCUT2D eigenvalue weighted by Crippen LogP contribution is 2.19. The van der Waals surface area contributed by atoms with Crippen LogP contribution in [0.3, 0.4) is 0 Å². The topological polar surface area (TPSA) is 55.4 Å². The van der Waals surface area contributed by atoms with Gasteiger partial charge in [0.05, 0.1) is 11.5 Å². The molecular formula is C11H18F3NO3. The highest BCUT2D eigenvalue weighted by atomic mass is 19.4. The summed E-state index contributed by atoms with van der Waals surface area (Å²) in [5, 5.41) is 1.67. The third-order valence-corrected chi connectivity index (χ3v) is 2.38. The minimum Gasteiger partial charge on any atom is -0.462 e. The molecule has 0 rings (SSSR count). The molecule has 0 heterocycles. The number of alkyl halides is 3. The van der Waals surface area contributed by atoms with E-state index in [0.29, 0.717) is 6.42 Å². The van der Waals surface area contributed by atoms with Gasteiger partial charge in [0.25, 0.3) is 0 Å². The molecular weight excluding hydrogens is 251 g/mol. The van der Waals surface area contributed by atoms with Crippen molar-refractivity contribution in [2.45, 2.75) is 46.4 Å². The van der Waals surface area contributed by atoms with E-state index in [0.717, 1.165) is 0 Å². The van der Waals surface area contributed by atoms with Crippen molar-refractivity contribution < 1.29 is 27.5 Å². The molecule has 1 atom stereocenters. The van der Waals surface area contributed by atoms with Crippen molar-refractivity contribution in [1.29, 1.82) is 0 Å². The second kappa shape index (κ2) is 6.06. The van der Waals surface area contributed by atoms with Gasteiger partial charge in [-0.1, -0.05) is 6.92 Å². The summed E-state index contributed by atoms with van der Waals surface area (Å²) in [5.41, 5.74) is -1.20. The molecule has 7 heteroatoms. The lowest BCUT2D eigenvalue weighted by molar-refractivity contribution is -0.175. The predicted octanol–water partition coefficient (Wildman–Crippen LogP) is 2.03. The molecule has 1 N–H and O–H groups in total. The standard InChI is InChI=1S/C11H18F3NO3/c1-5-7(2)18-9(17)10(3,4)6-15-8(16)11(12,13)14/h7H,5-6H2,1-4H3,(H,15,16). The normalized spacial score (nSPS) is 13.9. The Morgan fingerprint density at radius 1 is 1.28 bits per heavy atom. The van der Waals surface area contributed by atoms with Gasteiger partial charge < -0.3 is 10.1 Å². The molecule has 0 fully saturated rings. The highest BCUT2D eigenvalue weighted by Gasteiger charge is 2.40. The van der Waals surface area contributed by atoms with Crippen molar-refractivity contribution in [2.24, 2.45) is 5.41 Å². The zero-order valence-corrected chi connectivity index (χ0v) is 10.9. The number of nitrogens with one attached hydrogen (secondary N) is 1. The number of carbonyl (C=O) groups excluding carboxylic acids is 2. The largest absolute Gasteiger partial charge is 0.471 e. The second-order valence-electron chi connectivity index (χ2n) is 4.69. The van der Waals surface area contributed by atoms with E-state index >= 15 is 0 Å². The average molecular weight is 269 g/mol. The Bertz CT molecular complexity index is 313. The van der Waals surface area contributed by atoms with E-state index in [9.17, 15) is 22.8 Å². The van der Waals surface area contributed by atoms with Gasteiger partial charge in [-0.3, -0.25) is 9.59 Å². The lowest BCUT2D eigenvalue weighted by Gasteiger charge is -2.25. The fraction of sp³-hybridized carbons (Fsp3) is 0.818. The van der Waals surface area contributed by atoms with Gasteiger partial charge in [0.15, 0.2) is 0 Å². The lowest BCUT2D eigenvalue weighted by Crippen LogP contribution is -2.45. The number of hydrogen-bond donors (Lipinski definition) is 1. The molecule has 1 unspecified atom stereocenters. The van der Waals surface area contributed by atoms with E-state index in [1.54, 1.807) is 12.2 Å². The monoisotopic (exact) mass is 269 g/mol. The molecule has 106 valence electrons. The van der Waals surface area contributed by atoms with Crippen LogP contribution in [-0.2, 0) is 14.3 Å². The van der Waals surface area contributed by atoms with Crippen LogP contribution in [0, 0.1) is 5.41 Å². The Labute approximate surface area is 104 Å². The third kappa shape index (κ3) is 5.37. The van der Waals surface area contributed by atoms with Gasteiger partial charge in [0.1, 0.15) is 0 Å². The van der Waals surface area contributed by atoms with Gasteiger partial charge in [0.2, 0.25) is 0 Å². The summed E-state index contributed by atoms with van der Waals surface area (Å²) in [5.74, 6) is -2.70. The van der Waals surface area contributed by atoms with Crippen LogP contribution >= 0.6 is 0 Å². The molecule has 0 aromatic rings. The van der Waals surface area contributed by atoms with Gasteiger partial charge in [0, 0.05) is 6.54 Å². The second-order valence-corrected chi connectivity index (χ2v) is 4.69. The zero-order valence-electron chi connectivity index (χ0n) is 10.9. The molecule has 18 heavy (non-hydrogen) atoms. The van der Waals surface area contributed by atoms with Crippen LogP contribution in [0.1, 0.15) is 34.1 Å². The number of amides is 1. The molecule has 0 radical (unpaired) electrons. The maximum absolute atomic E-state index is 12.0. The fourth-order valence-corrected chi connectivity index (χ4v) is 0.899. The van der Waals surface area contributed by atoms with E-state index in [1.807, 2.05) is 6.92 Å². The molecule has 0 saturated carbocycles. The van der Waals surface area contributed by atoms with E-state index in [-0.39, 0.29) is 6.10 Å². The van der Waals surface area contributed by atoms with Crippen molar-refractivity contribution in [1.82, 2.24) is 5.32 Å². The van der Waals surface area contributed by atoms with Crippen LogP contribution in [0.2, 0.25) is 0 Å². The molecule has 4 nitrogen and oxygen atoms in total. The first-order valence-electron chi connectivity index (χ1n) is 5.56. The Hall–Kier alpha value is -1.27. The first-order chi connectivity index (χ1) is 8.00. The van der Waals surface area contributed by atoms with Crippen molar-refractivity contribution in [3.8, 4) is 0 Å². The van der Waals surface area contributed by atoms with Crippen molar-refractivity contribution in [3.63, 3.8) is 0 Å². The van der Waals surface area contributed by atoms with Crippen LogP contribution in [0.4, 0.5) is 13.2 Å². The average Bonchev–Trinajstić information content (AvgIpc) is 2.24. The van der Waals surface area contributed by atoms with E-state index in [4.69, 9.17) is 4.74 Å². The lowest BCUT2D eigenvalue weighted by atomic mass is 9.93. The Morgan fingerprint density at radius 2 is 1.78 bits per heavy atom. The summed E-state index contributed by atoms with van der Waals surface area (Å²) in [6, 6.07) is 0. The SMILES string of the molecule is CCC(C)OC(=O)C(C)(C)CNC(=O)C(F)(F)F. The van der Waals surface area contributed by atoms with Crippen molar-refractivity contribution >= 4 is 11.9 Å². The minimum absolute atomic E-state index is 0.310.